The molecule has 0 saturated heterocycles. The first-order valence-corrected chi connectivity index (χ1v) is 11.2. The van der Waals surface area contributed by atoms with Gasteiger partial charge in [-0.1, -0.05) is 73.8 Å². The molecule has 0 N–H and O–H groups in total. The van der Waals surface area contributed by atoms with Crippen LogP contribution in [0.1, 0.15) is 11.1 Å². The first kappa shape index (κ1) is 26.3. The zero-order valence-corrected chi connectivity index (χ0v) is 20.4. The maximum absolute atomic E-state index is 11.9. The molecule has 0 saturated carbocycles. The van der Waals surface area contributed by atoms with E-state index >= 15 is 0 Å². The number of carbonyl (C=O) groups is 2. The highest BCUT2D eigenvalue weighted by Gasteiger charge is 2.10. The topological polar surface area (TPSA) is 71.1 Å². The van der Waals surface area contributed by atoms with Crippen molar-refractivity contribution in [1.29, 1.82) is 0 Å². The van der Waals surface area contributed by atoms with Crippen molar-refractivity contribution in [3.63, 3.8) is 0 Å². The lowest BCUT2D eigenvalue weighted by Crippen LogP contribution is -2.13. The van der Waals surface area contributed by atoms with Gasteiger partial charge < -0.3 is 18.9 Å². The summed E-state index contributed by atoms with van der Waals surface area (Å²) in [5.74, 6) is -0.131. The third-order valence-electron chi connectivity index (χ3n) is 5.08. The van der Waals surface area contributed by atoms with Crippen LogP contribution >= 0.6 is 0 Å². The van der Waals surface area contributed by atoms with Gasteiger partial charge in [0.1, 0.15) is 11.5 Å². The first-order chi connectivity index (χ1) is 17.4. The number of ether oxygens (including phenoxy) is 4. The molecule has 0 radical (unpaired) electrons. The molecule has 0 unspecified atom stereocenters. The fourth-order valence-corrected chi connectivity index (χ4v) is 3.17. The van der Waals surface area contributed by atoms with Crippen molar-refractivity contribution in [3.05, 3.63) is 108 Å². The lowest BCUT2D eigenvalue weighted by molar-refractivity contribution is -0.131. The van der Waals surface area contributed by atoms with Crippen LogP contribution in [0.5, 0.6) is 11.5 Å². The van der Waals surface area contributed by atoms with Crippen molar-refractivity contribution < 1.29 is 28.5 Å². The maximum atomic E-state index is 11.9. The van der Waals surface area contributed by atoms with E-state index in [0.29, 0.717) is 11.5 Å². The van der Waals surface area contributed by atoms with Gasteiger partial charge in [0.25, 0.3) is 0 Å². The summed E-state index contributed by atoms with van der Waals surface area (Å²) in [6.45, 7) is 7.54. The van der Waals surface area contributed by atoms with E-state index in [-0.39, 0.29) is 24.4 Å². The van der Waals surface area contributed by atoms with Crippen LogP contribution in [0.25, 0.3) is 23.3 Å². The summed E-state index contributed by atoms with van der Waals surface area (Å²) in [4.78, 5) is 23.8. The Balaban J connectivity index is 1.57. The Kier molecular flexibility index (Phi) is 9.51. The molecule has 0 aromatic heterocycles. The van der Waals surface area contributed by atoms with E-state index in [4.69, 9.17) is 18.9 Å². The minimum Gasteiger partial charge on any atom is -0.423 e. The summed E-state index contributed by atoms with van der Waals surface area (Å²) in [5, 5.41) is 0. The maximum Gasteiger partial charge on any atom is 0.341 e. The van der Waals surface area contributed by atoms with E-state index in [2.05, 4.69) is 13.2 Å². The van der Waals surface area contributed by atoms with Crippen molar-refractivity contribution in [2.45, 2.75) is 0 Å². The molecule has 0 amide bonds. The molecular formula is C30H28O6. The minimum atomic E-state index is -0.510. The van der Waals surface area contributed by atoms with Crippen LogP contribution in [-0.2, 0) is 19.1 Å². The van der Waals surface area contributed by atoms with Crippen molar-refractivity contribution in [3.8, 4) is 22.6 Å². The Bertz CT molecular complexity index is 1240. The molecule has 0 aliphatic rings. The van der Waals surface area contributed by atoms with Gasteiger partial charge in [-0.15, -0.1) is 0 Å². The molecule has 0 bridgehead atoms. The number of esters is 2. The summed E-state index contributed by atoms with van der Waals surface area (Å²) in [6, 6.07) is 22.6. The van der Waals surface area contributed by atoms with E-state index in [0.717, 1.165) is 22.3 Å². The van der Waals surface area contributed by atoms with Gasteiger partial charge in [-0.3, -0.25) is 0 Å². The molecule has 3 aromatic carbocycles. The fraction of sp³-hybridized carbons (Fsp3) is 0.133. The molecule has 3 aromatic rings. The van der Waals surface area contributed by atoms with Crippen molar-refractivity contribution in [2.24, 2.45) is 0 Å². The summed E-state index contributed by atoms with van der Waals surface area (Å²) in [6.07, 6.45) is 3.98. The van der Waals surface area contributed by atoms with Crippen LogP contribution < -0.4 is 9.47 Å². The molecule has 3 rings (SSSR count). The Morgan fingerprint density at radius 1 is 0.611 bits per heavy atom. The number of hydrogen-bond donors (Lipinski definition) is 0. The first-order valence-electron chi connectivity index (χ1n) is 11.2. The average molecular weight is 485 g/mol. The molecule has 0 heterocycles. The minimum absolute atomic E-state index is 0.129. The van der Waals surface area contributed by atoms with Gasteiger partial charge in [0.2, 0.25) is 0 Å². The van der Waals surface area contributed by atoms with Gasteiger partial charge in [0, 0.05) is 14.2 Å². The second-order valence-electron chi connectivity index (χ2n) is 7.90. The number of benzene rings is 3. The monoisotopic (exact) mass is 484 g/mol. The smallest absolute Gasteiger partial charge is 0.341 e. The standard InChI is InChI=1S/C30H28O6/c1-21(19-33-3)29(31)35-27-15-9-24(10-16-27)6-5-23-7-11-25(12-8-23)26-13-17-28(18-14-26)36-30(32)22(2)20-34-4/h5-18H,1-2,19-20H2,3-4H3/b6-5+. The second-order valence-corrected chi connectivity index (χ2v) is 7.90. The molecule has 6 nitrogen and oxygen atoms in total. The molecule has 184 valence electrons. The molecule has 36 heavy (non-hydrogen) atoms. The molecule has 0 atom stereocenters. The van der Waals surface area contributed by atoms with Crippen molar-refractivity contribution in [1.82, 2.24) is 0 Å². The van der Waals surface area contributed by atoms with E-state index in [1.165, 1.54) is 14.2 Å². The highest BCUT2D eigenvalue weighted by molar-refractivity contribution is 5.90. The molecule has 0 spiro atoms. The summed E-state index contributed by atoms with van der Waals surface area (Å²) >= 11 is 0. The van der Waals surface area contributed by atoms with Crippen LogP contribution in [0, 0.1) is 0 Å². The van der Waals surface area contributed by atoms with E-state index in [9.17, 15) is 9.59 Å². The van der Waals surface area contributed by atoms with E-state index < -0.39 is 11.9 Å². The highest BCUT2D eigenvalue weighted by Crippen LogP contribution is 2.24. The molecule has 0 aliphatic heterocycles. The molecule has 6 heteroatoms. The van der Waals surface area contributed by atoms with Gasteiger partial charge in [0.05, 0.1) is 24.4 Å². The quantitative estimate of drug-likeness (QED) is 0.150. The zero-order valence-electron chi connectivity index (χ0n) is 20.4. The van der Waals surface area contributed by atoms with Crippen molar-refractivity contribution in [2.75, 3.05) is 27.4 Å². The predicted octanol–water partition coefficient (Wildman–Crippen LogP) is 5.74. The lowest BCUT2D eigenvalue weighted by atomic mass is 10.0. The number of hydrogen-bond acceptors (Lipinski definition) is 6. The SMILES string of the molecule is C=C(COC)C(=O)Oc1ccc(/C=C/c2ccc(-c3ccc(OC(=O)C(=C)COC)cc3)cc2)cc1. The predicted molar refractivity (Wildman–Crippen MR) is 141 cm³/mol. The summed E-state index contributed by atoms with van der Waals surface area (Å²) in [7, 11) is 2.99. The zero-order chi connectivity index (χ0) is 25.9. The largest absolute Gasteiger partial charge is 0.423 e. The lowest BCUT2D eigenvalue weighted by Gasteiger charge is -2.07. The third kappa shape index (κ3) is 7.63. The normalized spacial score (nSPS) is 10.7. The van der Waals surface area contributed by atoms with Gasteiger partial charge in [-0.25, -0.2) is 9.59 Å². The van der Waals surface area contributed by atoms with Crippen LogP contribution in [0.15, 0.2) is 97.1 Å². The van der Waals surface area contributed by atoms with Crippen LogP contribution in [-0.4, -0.2) is 39.4 Å². The number of methoxy groups -OCH3 is 2. The van der Waals surface area contributed by atoms with Crippen molar-refractivity contribution >= 4 is 24.1 Å². The molecule has 0 aliphatic carbocycles. The van der Waals surface area contributed by atoms with Gasteiger partial charge in [-0.05, 0) is 46.5 Å². The van der Waals surface area contributed by atoms with Gasteiger partial charge >= 0.3 is 11.9 Å². The Hall–Kier alpha value is -4.26. The van der Waals surface area contributed by atoms with Crippen LogP contribution in [0.2, 0.25) is 0 Å². The highest BCUT2D eigenvalue weighted by atomic mass is 16.5. The van der Waals surface area contributed by atoms with Crippen LogP contribution in [0.4, 0.5) is 0 Å². The van der Waals surface area contributed by atoms with Gasteiger partial charge in [-0.2, -0.15) is 0 Å². The fourth-order valence-electron chi connectivity index (χ4n) is 3.17. The van der Waals surface area contributed by atoms with Crippen LogP contribution in [0.3, 0.4) is 0 Å². The second kappa shape index (κ2) is 13.0. The van der Waals surface area contributed by atoms with E-state index in [1.807, 2.05) is 60.7 Å². The summed E-state index contributed by atoms with van der Waals surface area (Å²) < 4.78 is 20.4. The molecule has 0 fully saturated rings. The number of rotatable bonds is 11. The Morgan fingerprint density at radius 2 is 0.944 bits per heavy atom. The average Bonchev–Trinajstić information content (AvgIpc) is 2.89. The Morgan fingerprint density at radius 3 is 1.33 bits per heavy atom. The number of carbonyl (C=O) groups excluding carboxylic acids is 2. The van der Waals surface area contributed by atoms with E-state index in [1.54, 1.807) is 24.3 Å². The third-order valence-corrected chi connectivity index (χ3v) is 5.08. The summed E-state index contributed by atoms with van der Waals surface area (Å²) in [5.41, 5.74) is 4.55. The van der Waals surface area contributed by atoms with Gasteiger partial charge in [0.15, 0.2) is 0 Å². The Labute approximate surface area is 211 Å². The molecular weight excluding hydrogens is 456 g/mol.